The minimum atomic E-state index is -0.148. The molecule has 0 fully saturated rings. The molecule has 0 aliphatic carbocycles. The fourth-order valence-electron chi connectivity index (χ4n) is 2.62. The molecule has 0 radical (unpaired) electrons. The number of halogens is 1. The molecule has 3 rings (SSSR count). The zero-order valence-electron chi connectivity index (χ0n) is 15.3. The predicted octanol–water partition coefficient (Wildman–Crippen LogP) is 4.92. The normalized spacial score (nSPS) is 10.7. The fourth-order valence-corrected chi connectivity index (χ4v) is 2.80. The number of carbonyl (C=O) groups excluding carboxylic acids is 1. The van der Waals surface area contributed by atoms with E-state index in [1.165, 1.54) is 12.4 Å². The van der Waals surface area contributed by atoms with Crippen LogP contribution in [0.2, 0.25) is 5.02 Å². The van der Waals surface area contributed by atoms with Gasteiger partial charge < -0.3 is 10.2 Å². The van der Waals surface area contributed by atoms with Crippen molar-refractivity contribution in [3.63, 3.8) is 0 Å². The Morgan fingerprint density at radius 3 is 2.37 bits per heavy atom. The molecule has 1 N–H and O–H groups in total. The van der Waals surface area contributed by atoms with Gasteiger partial charge in [0.15, 0.2) is 0 Å². The van der Waals surface area contributed by atoms with E-state index in [1.54, 1.807) is 11.0 Å². The summed E-state index contributed by atoms with van der Waals surface area (Å²) in [6.45, 7) is 4.50. The zero-order chi connectivity index (χ0) is 19.2. The number of carbonyl (C=O) groups is 1. The first-order valence-electron chi connectivity index (χ1n) is 8.73. The third kappa shape index (κ3) is 4.83. The highest BCUT2D eigenvalue weighted by Gasteiger charge is 2.20. The summed E-state index contributed by atoms with van der Waals surface area (Å²) in [5.74, 6) is 0.379. The number of para-hydroxylation sites is 1. The van der Waals surface area contributed by atoms with Crippen LogP contribution < -0.4 is 5.32 Å². The third-order valence-electron chi connectivity index (χ3n) is 4.09. The molecule has 2 aromatic carbocycles. The number of benzene rings is 2. The SMILES string of the molecule is CC(C)N(Cc1ccccc1)C(=O)c1cnc(Nc2ccccc2Cl)cn1. The summed E-state index contributed by atoms with van der Waals surface area (Å²) in [6, 6.07) is 17.3. The van der Waals surface area contributed by atoms with Gasteiger partial charge >= 0.3 is 0 Å². The molecule has 0 spiro atoms. The highest BCUT2D eigenvalue weighted by molar-refractivity contribution is 6.33. The van der Waals surface area contributed by atoms with Crippen molar-refractivity contribution in [2.24, 2.45) is 0 Å². The van der Waals surface area contributed by atoms with Gasteiger partial charge in [0.1, 0.15) is 11.5 Å². The lowest BCUT2D eigenvalue weighted by Gasteiger charge is -2.26. The lowest BCUT2D eigenvalue weighted by Crippen LogP contribution is -2.36. The maximum Gasteiger partial charge on any atom is 0.274 e. The number of rotatable bonds is 6. The number of amides is 1. The zero-order valence-corrected chi connectivity index (χ0v) is 16.0. The fraction of sp³-hybridized carbons (Fsp3) is 0.190. The van der Waals surface area contributed by atoms with Crippen LogP contribution in [0.5, 0.6) is 0 Å². The molecule has 0 unspecified atom stereocenters. The number of nitrogens with zero attached hydrogens (tertiary/aromatic N) is 3. The average molecular weight is 381 g/mol. The van der Waals surface area contributed by atoms with Gasteiger partial charge in [0.25, 0.3) is 5.91 Å². The molecule has 5 nitrogen and oxygen atoms in total. The Hall–Kier alpha value is -2.92. The van der Waals surface area contributed by atoms with Crippen molar-refractivity contribution in [3.05, 3.63) is 83.3 Å². The smallest absolute Gasteiger partial charge is 0.274 e. The number of nitrogens with one attached hydrogen (secondary N) is 1. The van der Waals surface area contributed by atoms with E-state index < -0.39 is 0 Å². The minimum Gasteiger partial charge on any atom is -0.338 e. The van der Waals surface area contributed by atoms with E-state index >= 15 is 0 Å². The molecule has 138 valence electrons. The minimum absolute atomic E-state index is 0.0421. The molecule has 1 amide bonds. The first-order valence-corrected chi connectivity index (χ1v) is 9.11. The molecule has 3 aromatic rings. The first-order chi connectivity index (χ1) is 13.0. The average Bonchev–Trinajstić information content (AvgIpc) is 2.68. The van der Waals surface area contributed by atoms with E-state index in [4.69, 9.17) is 11.6 Å². The number of anilines is 2. The Morgan fingerprint density at radius 2 is 1.74 bits per heavy atom. The van der Waals surface area contributed by atoms with E-state index in [1.807, 2.05) is 62.4 Å². The highest BCUT2D eigenvalue weighted by Crippen LogP contribution is 2.23. The molecule has 0 saturated heterocycles. The first kappa shape index (κ1) is 18.9. The topological polar surface area (TPSA) is 58.1 Å². The van der Waals surface area contributed by atoms with Crippen molar-refractivity contribution >= 4 is 29.0 Å². The van der Waals surface area contributed by atoms with Crippen molar-refractivity contribution in [1.29, 1.82) is 0 Å². The molecule has 0 saturated carbocycles. The second kappa shape index (κ2) is 8.64. The molecule has 6 heteroatoms. The van der Waals surface area contributed by atoms with Gasteiger partial charge in [0.05, 0.1) is 23.1 Å². The van der Waals surface area contributed by atoms with Gasteiger partial charge in [-0.1, -0.05) is 54.1 Å². The number of hydrogen-bond donors (Lipinski definition) is 1. The van der Waals surface area contributed by atoms with Crippen LogP contribution in [0, 0.1) is 0 Å². The lowest BCUT2D eigenvalue weighted by molar-refractivity contribution is 0.0684. The Labute approximate surface area is 164 Å². The summed E-state index contributed by atoms with van der Waals surface area (Å²) in [4.78, 5) is 23.3. The van der Waals surface area contributed by atoms with E-state index in [9.17, 15) is 4.79 Å². The van der Waals surface area contributed by atoms with E-state index in [0.717, 1.165) is 11.3 Å². The van der Waals surface area contributed by atoms with Crippen LogP contribution in [0.1, 0.15) is 29.9 Å². The molecule has 1 aromatic heterocycles. The van der Waals surface area contributed by atoms with Gasteiger partial charge in [0, 0.05) is 12.6 Å². The summed E-state index contributed by atoms with van der Waals surface area (Å²) >= 11 is 6.14. The monoisotopic (exact) mass is 380 g/mol. The summed E-state index contributed by atoms with van der Waals surface area (Å²) in [6.07, 6.45) is 3.03. The lowest BCUT2D eigenvalue weighted by atomic mass is 10.2. The highest BCUT2D eigenvalue weighted by atomic mass is 35.5. The summed E-state index contributed by atoms with van der Waals surface area (Å²) in [7, 11) is 0. The molecule has 0 aliphatic heterocycles. The van der Waals surface area contributed by atoms with Crippen molar-refractivity contribution in [1.82, 2.24) is 14.9 Å². The maximum atomic E-state index is 12.9. The Balaban J connectivity index is 1.74. The number of hydrogen-bond acceptors (Lipinski definition) is 4. The van der Waals surface area contributed by atoms with E-state index in [0.29, 0.717) is 23.1 Å². The van der Waals surface area contributed by atoms with Gasteiger partial charge in [-0.3, -0.25) is 4.79 Å². The van der Waals surface area contributed by atoms with Crippen molar-refractivity contribution in [2.45, 2.75) is 26.4 Å². The summed E-state index contributed by atoms with van der Waals surface area (Å²) in [5, 5.41) is 3.69. The molecule has 1 heterocycles. The van der Waals surface area contributed by atoms with Crippen LogP contribution in [-0.4, -0.2) is 26.8 Å². The van der Waals surface area contributed by atoms with Crippen molar-refractivity contribution < 1.29 is 4.79 Å². The third-order valence-corrected chi connectivity index (χ3v) is 4.42. The van der Waals surface area contributed by atoms with Gasteiger partial charge in [-0.25, -0.2) is 9.97 Å². The van der Waals surface area contributed by atoms with E-state index in [-0.39, 0.29) is 11.9 Å². The standard InChI is InChI=1S/C21H21ClN4O/c1-15(2)26(14-16-8-4-3-5-9-16)21(27)19-12-24-20(13-23-19)25-18-11-7-6-10-17(18)22/h3-13,15H,14H2,1-2H3,(H,24,25). The predicted molar refractivity (Wildman–Crippen MR) is 108 cm³/mol. The molecule has 0 aliphatic rings. The van der Waals surface area contributed by atoms with Crippen LogP contribution in [0.25, 0.3) is 0 Å². The molecule has 0 bridgehead atoms. The van der Waals surface area contributed by atoms with Gasteiger partial charge in [-0.2, -0.15) is 0 Å². The van der Waals surface area contributed by atoms with Crippen LogP contribution in [0.4, 0.5) is 11.5 Å². The van der Waals surface area contributed by atoms with Crippen molar-refractivity contribution in [3.8, 4) is 0 Å². The molecular weight excluding hydrogens is 360 g/mol. The maximum absolute atomic E-state index is 12.9. The Morgan fingerprint density at radius 1 is 1.04 bits per heavy atom. The van der Waals surface area contributed by atoms with Gasteiger partial charge in [0.2, 0.25) is 0 Å². The Bertz CT molecular complexity index is 898. The Kier molecular flexibility index (Phi) is 6.04. The number of aromatic nitrogens is 2. The second-order valence-corrected chi connectivity index (χ2v) is 6.81. The van der Waals surface area contributed by atoms with Crippen molar-refractivity contribution in [2.75, 3.05) is 5.32 Å². The van der Waals surface area contributed by atoms with Crippen LogP contribution in [0.15, 0.2) is 67.0 Å². The summed E-state index contributed by atoms with van der Waals surface area (Å²) in [5.41, 5.74) is 2.12. The summed E-state index contributed by atoms with van der Waals surface area (Å²) < 4.78 is 0. The van der Waals surface area contributed by atoms with Gasteiger partial charge in [-0.15, -0.1) is 0 Å². The van der Waals surface area contributed by atoms with Crippen LogP contribution in [0.3, 0.4) is 0 Å². The van der Waals surface area contributed by atoms with E-state index in [2.05, 4.69) is 15.3 Å². The second-order valence-electron chi connectivity index (χ2n) is 6.40. The quantitative estimate of drug-likeness (QED) is 0.659. The van der Waals surface area contributed by atoms with Crippen LogP contribution >= 0.6 is 11.6 Å². The molecular formula is C21H21ClN4O. The van der Waals surface area contributed by atoms with Gasteiger partial charge in [-0.05, 0) is 31.5 Å². The molecule has 0 atom stereocenters. The molecule has 27 heavy (non-hydrogen) atoms. The largest absolute Gasteiger partial charge is 0.338 e. The van der Waals surface area contributed by atoms with Crippen LogP contribution in [-0.2, 0) is 6.54 Å².